The van der Waals surface area contributed by atoms with Crippen LogP contribution in [0.4, 0.5) is 11.6 Å². The molecule has 1 heterocycles. The fraction of sp³-hybridized carbons (Fsp3) is 0.765. The molecule has 1 fully saturated rings. The van der Waals surface area contributed by atoms with E-state index in [-0.39, 0.29) is 0 Å². The molecule has 1 aromatic heterocycles. The molecule has 4 nitrogen and oxygen atoms in total. The van der Waals surface area contributed by atoms with Crippen molar-refractivity contribution in [1.82, 2.24) is 9.97 Å². The minimum Gasteiger partial charge on any atom is -0.370 e. The van der Waals surface area contributed by atoms with Crippen LogP contribution in [0.2, 0.25) is 0 Å². The Morgan fingerprint density at radius 2 is 1.90 bits per heavy atom. The number of hydrogen-bond donors (Lipinski definition) is 2. The maximum absolute atomic E-state index is 4.73. The maximum Gasteiger partial charge on any atom is 0.135 e. The molecule has 0 radical (unpaired) electrons. The monoisotopic (exact) mass is 290 g/mol. The van der Waals surface area contributed by atoms with E-state index in [2.05, 4.69) is 50.2 Å². The Kier molecular flexibility index (Phi) is 5.07. The zero-order valence-corrected chi connectivity index (χ0v) is 14.2. The minimum absolute atomic E-state index is 0.348. The van der Waals surface area contributed by atoms with Crippen molar-refractivity contribution in [3.63, 3.8) is 0 Å². The number of hydrogen-bond acceptors (Lipinski definition) is 4. The van der Waals surface area contributed by atoms with E-state index < -0.39 is 0 Å². The average molecular weight is 290 g/mol. The highest BCUT2D eigenvalue weighted by molar-refractivity contribution is 5.57. The Hall–Kier alpha value is -1.32. The molecular formula is C17H30N4. The van der Waals surface area contributed by atoms with E-state index in [0.29, 0.717) is 11.5 Å². The summed E-state index contributed by atoms with van der Waals surface area (Å²) in [4.78, 5) is 9.36. The smallest absolute Gasteiger partial charge is 0.135 e. The third-order valence-electron chi connectivity index (χ3n) is 4.62. The summed E-state index contributed by atoms with van der Waals surface area (Å²) in [5, 5.41) is 7.13. The third-order valence-corrected chi connectivity index (χ3v) is 4.62. The van der Waals surface area contributed by atoms with E-state index in [4.69, 9.17) is 4.98 Å². The van der Waals surface area contributed by atoms with Gasteiger partial charge in [0.1, 0.15) is 17.5 Å². The van der Waals surface area contributed by atoms with Crippen LogP contribution in [-0.2, 0) is 6.42 Å². The van der Waals surface area contributed by atoms with Crippen LogP contribution in [0.3, 0.4) is 0 Å². The first-order valence-corrected chi connectivity index (χ1v) is 8.35. The topological polar surface area (TPSA) is 49.8 Å². The van der Waals surface area contributed by atoms with E-state index >= 15 is 0 Å². The Bertz CT molecular complexity index is 482. The molecule has 1 unspecified atom stereocenters. The van der Waals surface area contributed by atoms with Crippen LogP contribution >= 0.6 is 0 Å². The van der Waals surface area contributed by atoms with E-state index in [1.54, 1.807) is 0 Å². The molecule has 1 atom stereocenters. The molecule has 0 spiro atoms. The van der Waals surface area contributed by atoms with Crippen molar-refractivity contribution in [2.24, 2.45) is 5.41 Å². The first-order chi connectivity index (χ1) is 9.97. The molecule has 0 bridgehead atoms. The second kappa shape index (κ2) is 6.63. The van der Waals surface area contributed by atoms with Crippen molar-refractivity contribution in [1.29, 1.82) is 0 Å². The summed E-state index contributed by atoms with van der Waals surface area (Å²) in [7, 11) is 0. The molecule has 2 N–H and O–H groups in total. The van der Waals surface area contributed by atoms with Crippen molar-refractivity contribution in [3.05, 3.63) is 11.4 Å². The van der Waals surface area contributed by atoms with Gasteiger partial charge in [-0.25, -0.2) is 9.97 Å². The van der Waals surface area contributed by atoms with E-state index in [1.165, 1.54) is 19.3 Å². The Balaban J connectivity index is 2.25. The van der Waals surface area contributed by atoms with Crippen LogP contribution in [0.5, 0.6) is 0 Å². The van der Waals surface area contributed by atoms with Crippen molar-refractivity contribution in [2.45, 2.75) is 72.8 Å². The molecule has 1 aliphatic carbocycles. The van der Waals surface area contributed by atoms with Gasteiger partial charge in [0.05, 0.1) is 0 Å². The lowest BCUT2D eigenvalue weighted by Crippen LogP contribution is -2.31. The Morgan fingerprint density at radius 1 is 1.19 bits per heavy atom. The maximum atomic E-state index is 4.73. The lowest BCUT2D eigenvalue weighted by Gasteiger charge is -2.29. The van der Waals surface area contributed by atoms with Crippen LogP contribution in [-0.4, -0.2) is 22.6 Å². The van der Waals surface area contributed by atoms with Gasteiger partial charge < -0.3 is 10.6 Å². The van der Waals surface area contributed by atoms with Crippen molar-refractivity contribution < 1.29 is 0 Å². The Morgan fingerprint density at radius 3 is 2.48 bits per heavy atom. The molecule has 21 heavy (non-hydrogen) atoms. The molecule has 0 aromatic carbocycles. The van der Waals surface area contributed by atoms with E-state index in [1.807, 2.05) is 0 Å². The summed E-state index contributed by atoms with van der Waals surface area (Å²) < 4.78 is 0. The predicted octanol–water partition coefficient (Wildman–Crippen LogP) is 4.16. The summed E-state index contributed by atoms with van der Waals surface area (Å²) in [6.45, 7) is 12.1. The molecule has 118 valence electrons. The number of anilines is 2. The summed E-state index contributed by atoms with van der Waals surface area (Å²) in [6, 6.07) is 0.509. The molecule has 1 saturated carbocycles. The quantitative estimate of drug-likeness (QED) is 0.826. The van der Waals surface area contributed by atoms with Crippen molar-refractivity contribution in [2.75, 3.05) is 17.2 Å². The van der Waals surface area contributed by atoms with Crippen molar-refractivity contribution >= 4 is 11.6 Å². The van der Waals surface area contributed by atoms with Crippen molar-refractivity contribution in [3.8, 4) is 0 Å². The fourth-order valence-corrected chi connectivity index (χ4v) is 3.04. The molecular weight excluding hydrogens is 260 g/mol. The molecule has 1 aliphatic rings. The van der Waals surface area contributed by atoms with E-state index in [0.717, 1.165) is 42.4 Å². The third kappa shape index (κ3) is 3.66. The predicted molar refractivity (Wildman–Crippen MR) is 90.0 cm³/mol. The zero-order valence-electron chi connectivity index (χ0n) is 14.2. The number of aryl methyl sites for hydroxylation is 1. The molecule has 2 rings (SSSR count). The average Bonchev–Trinajstić information content (AvgIpc) is 2.78. The fourth-order valence-electron chi connectivity index (χ4n) is 3.04. The van der Waals surface area contributed by atoms with Gasteiger partial charge in [-0.15, -0.1) is 0 Å². The lowest BCUT2D eigenvalue weighted by atomic mass is 9.87. The van der Waals surface area contributed by atoms with Crippen LogP contribution in [0.25, 0.3) is 0 Å². The van der Waals surface area contributed by atoms with E-state index in [9.17, 15) is 0 Å². The van der Waals surface area contributed by atoms with Gasteiger partial charge in [0.2, 0.25) is 0 Å². The highest BCUT2D eigenvalue weighted by Gasteiger charge is 2.35. The molecule has 1 aromatic rings. The number of nitrogens with one attached hydrogen (secondary N) is 2. The molecule has 0 aliphatic heterocycles. The van der Waals surface area contributed by atoms with Crippen LogP contribution in [0, 0.1) is 12.3 Å². The molecule has 4 heteroatoms. The largest absolute Gasteiger partial charge is 0.370 e. The van der Waals surface area contributed by atoms with Gasteiger partial charge in [-0.05, 0) is 31.6 Å². The SMILES string of the molecule is CCCNc1nc(CC)nc(NC2CCCC2(C)C)c1C. The van der Waals surface area contributed by atoms with Crippen LogP contribution in [0.1, 0.15) is 64.8 Å². The summed E-state index contributed by atoms with van der Waals surface area (Å²) in [5.41, 5.74) is 1.49. The number of aromatic nitrogens is 2. The first kappa shape index (κ1) is 16.1. The highest BCUT2D eigenvalue weighted by Crippen LogP contribution is 2.39. The first-order valence-electron chi connectivity index (χ1n) is 8.35. The van der Waals surface area contributed by atoms with Gasteiger partial charge in [0.25, 0.3) is 0 Å². The zero-order chi connectivity index (χ0) is 15.5. The van der Waals surface area contributed by atoms with Gasteiger partial charge >= 0.3 is 0 Å². The summed E-state index contributed by atoms with van der Waals surface area (Å²) >= 11 is 0. The summed E-state index contributed by atoms with van der Waals surface area (Å²) in [5.74, 6) is 2.92. The van der Waals surface area contributed by atoms with Gasteiger partial charge in [-0.2, -0.15) is 0 Å². The number of nitrogens with zero attached hydrogens (tertiary/aromatic N) is 2. The van der Waals surface area contributed by atoms with Gasteiger partial charge in [0, 0.05) is 24.6 Å². The standard InChI is InChI=1S/C17H30N4/c1-6-11-18-15-12(3)16(21-14(7-2)20-15)19-13-9-8-10-17(13,4)5/h13H,6-11H2,1-5H3,(H2,18,19,20,21). The second-order valence-corrected chi connectivity index (χ2v) is 6.82. The van der Waals surface area contributed by atoms with Crippen LogP contribution < -0.4 is 10.6 Å². The Labute approximate surface area is 129 Å². The summed E-state index contributed by atoms with van der Waals surface area (Å²) in [6.07, 6.45) is 5.79. The molecule has 0 amide bonds. The lowest BCUT2D eigenvalue weighted by molar-refractivity contribution is 0.349. The van der Waals surface area contributed by atoms with Gasteiger partial charge in [0.15, 0.2) is 0 Å². The molecule has 0 saturated heterocycles. The van der Waals surface area contributed by atoms with Gasteiger partial charge in [-0.1, -0.05) is 34.1 Å². The number of rotatable bonds is 6. The minimum atomic E-state index is 0.348. The highest BCUT2D eigenvalue weighted by atomic mass is 15.1. The van der Waals surface area contributed by atoms with Crippen LogP contribution in [0.15, 0.2) is 0 Å². The normalized spacial score (nSPS) is 20.5. The van der Waals surface area contributed by atoms with Gasteiger partial charge in [-0.3, -0.25) is 0 Å². The second-order valence-electron chi connectivity index (χ2n) is 6.82.